The van der Waals surface area contributed by atoms with Crippen molar-refractivity contribution in [3.63, 3.8) is 0 Å². The molecule has 0 fully saturated rings. The molecule has 0 radical (unpaired) electrons. The van der Waals surface area contributed by atoms with E-state index in [9.17, 15) is 9.59 Å². The molecule has 0 unspecified atom stereocenters. The molecule has 0 aliphatic heterocycles. The molecule has 2 amide bonds. The second-order valence-electron chi connectivity index (χ2n) is 5.65. The Labute approximate surface area is 156 Å². The van der Waals surface area contributed by atoms with Gasteiger partial charge in [-0.1, -0.05) is 48.5 Å². The second-order valence-corrected chi connectivity index (χ2v) is 5.65. The summed E-state index contributed by atoms with van der Waals surface area (Å²) in [5.74, 6) is -0.993. The summed E-state index contributed by atoms with van der Waals surface area (Å²) in [6.45, 7) is 2.40. The zero-order chi connectivity index (χ0) is 19.1. The molecule has 3 rings (SSSR count). The van der Waals surface area contributed by atoms with Crippen molar-refractivity contribution in [2.45, 2.75) is 6.92 Å². The Morgan fingerprint density at radius 3 is 2.56 bits per heavy atom. The van der Waals surface area contributed by atoms with Gasteiger partial charge >= 0.3 is 11.8 Å². The average molecular weight is 361 g/mol. The average Bonchev–Trinajstić information content (AvgIpc) is 2.69. The van der Waals surface area contributed by atoms with Crippen molar-refractivity contribution in [2.75, 3.05) is 11.9 Å². The van der Waals surface area contributed by atoms with Crippen LogP contribution in [0.4, 0.5) is 5.69 Å². The Morgan fingerprint density at radius 1 is 0.963 bits per heavy atom. The lowest BCUT2D eigenvalue weighted by Crippen LogP contribution is -2.32. The third-order valence-electron chi connectivity index (χ3n) is 3.83. The van der Waals surface area contributed by atoms with Crippen LogP contribution in [0.2, 0.25) is 0 Å². The van der Waals surface area contributed by atoms with Gasteiger partial charge in [0.2, 0.25) is 0 Å². The summed E-state index contributed by atoms with van der Waals surface area (Å²) in [6, 6.07) is 20.4. The van der Waals surface area contributed by atoms with Crippen LogP contribution in [0.1, 0.15) is 12.5 Å². The number of hydrazone groups is 1. The van der Waals surface area contributed by atoms with Gasteiger partial charge in [0.15, 0.2) is 0 Å². The highest BCUT2D eigenvalue weighted by molar-refractivity contribution is 6.40. The fraction of sp³-hybridized carbons (Fsp3) is 0.0952. The molecule has 136 valence electrons. The maximum absolute atomic E-state index is 12.1. The predicted octanol–water partition coefficient (Wildman–Crippen LogP) is 3.33. The SMILES string of the molecule is CCOc1ccccc1C=NNC(=O)C(=O)Nc1cccc2ccccc12. The second kappa shape index (κ2) is 8.62. The molecule has 0 bridgehead atoms. The third kappa shape index (κ3) is 4.49. The van der Waals surface area contributed by atoms with E-state index in [1.54, 1.807) is 18.2 Å². The summed E-state index contributed by atoms with van der Waals surface area (Å²) in [7, 11) is 0. The lowest BCUT2D eigenvalue weighted by atomic mass is 10.1. The fourth-order valence-electron chi connectivity index (χ4n) is 2.60. The van der Waals surface area contributed by atoms with Crippen LogP contribution in [-0.4, -0.2) is 24.6 Å². The largest absolute Gasteiger partial charge is 0.493 e. The van der Waals surface area contributed by atoms with Crippen LogP contribution >= 0.6 is 0 Å². The van der Waals surface area contributed by atoms with Gasteiger partial charge in [-0.15, -0.1) is 0 Å². The minimum atomic E-state index is -0.854. The summed E-state index contributed by atoms with van der Waals surface area (Å²) in [4.78, 5) is 24.2. The van der Waals surface area contributed by atoms with Gasteiger partial charge in [0.1, 0.15) is 5.75 Å². The number of nitrogens with zero attached hydrogens (tertiary/aromatic N) is 1. The van der Waals surface area contributed by atoms with Gasteiger partial charge in [-0.25, -0.2) is 5.43 Å². The van der Waals surface area contributed by atoms with Gasteiger partial charge in [-0.05, 0) is 30.5 Å². The molecule has 6 nitrogen and oxygen atoms in total. The Morgan fingerprint density at radius 2 is 1.70 bits per heavy atom. The summed E-state index contributed by atoms with van der Waals surface area (Å²) in [6.07, 6.45) is 1.44. The molecule has 0 saturated carbocycles. The van der Waals surface area contributed by atoms with Crippen LogP contribution in [0.15, 0.2) is 71.8 Å². The normalized spacial score (nSPS) is 10.7. The first-order chi connectivity index (χ1) is 13.2. The molecule has 0 aromatic heterocycles. The Hall–Kier alpha value is -3.67. The molecular formula is C21H19N3O3. The van der Waals surface area contributed by atoms with Gasteiger partial charge in [0.25, 0.3) is 0 Å². The predicted molar refractivity (Wildman–Crippen MR) is 106 cm³/mol. The number of benzene rings is 3. The van der Waals surface area contributed by atoms with E-state index in [4.69, 9.17) is 4.74 Å². The number of para-hydroxylation sites is 1. The van der Waals surface area contributed by atoms with Gasteiger partial charge in [0, 0.05) is 16.6 Å². The fourth-order valence-corrected chi connectivity index (χ4v) is 2.60. The minimum Gasteiger partial charge on any atom is -0.493 e. The third-order valence-corrected chi connectivity index (χ3v) is 3.83. The molecule has 0 atom stereocenters. The smallest absolute Gasteiger partial charge is 0.329 e. The quantitative estimate of drug-likeness (QED) is 0.416. The standard InChI is InChI=1S/C21H19N3O3/c1-2-27-19-13-6-4-9-16(19)14-22-24-21(26)20(25)23-18-12-7-10-15-8-3-5-11-17(15)18/h3-14H,2H2,1H3,(H,23,25)(H,24,26). The van der Waals surface area contributed by atoms with Crippen LogP contribution in [0, 0.1) is 0 Å². The number of fused-ring (bicyclic) bond motifs is 1. The van der Waals surface area contributed by atoms with E-state index in [0.29, 0.717) is 23.6 Å². The Bertz CT molecular complexity index is 993. The molecule has 3 aromatic carbocycles. The van der Waals surface area contributed by atoms with Crippen LogP contribution in [0.25, 0.3) is 10.8 Å². The molecule has 6 heteroatoms. The first-order valence-corrected chi connectivity index (χ1v) is 8.53. The van der Waals surface area contributed by atoms with Crippen LogP contribution in [-0.2, 0) is 9.59 Å². The van der Waals surface area contributed by atoms with E-state index in [1.165, 1.54) is 6.21 Å². The highest BCUT2D eigenvalue weighted by atomic mass is 16.5. The molecule has 0 spiro atoms. The van der Waals surface area contributed by atoms with Crippen molar-refractivity contribution in [3.05, 3.63) is 72.3 Å². The van der Waals surface area contributed by atoms with E-state index in [0.717, 1.165) is 10.8 Å². The number of carbonyl (C=O) groups excluding carboxylic acids is 2. The molecule has 0 saturated heterocycles. The monoisotopic (exact) mass is 361 g/mol. The molecule has 0 aliphatic carbocycles. The Kier molecular flexibility index (Phi) is 5.79. The lowest BCUT2D eigenvalue weighted by Gasteiger charge is -2.08. The lowest BCUT2D eigenvalue weighted by molar-refractivity contribution is -0.136. The number of anilines is 1. The molecule has 2 N–H and O–H groups in total. The van der Waals surface area contributed by atoms with E-state index < -0.39 is 11.8 Å². The number of nitrogens with one attached hydrogen (secondary N) is 2. The van der Waals surface area contributed by atoms with Crippen LogP contribution < -0.4 is 15.5 Å². The zero-order valence-electron chi connectivity index (χ0n) is 14.8. The number of hydrogen-bond acceptors (Lipinski definition) is 4. The van der Waals surface area contributed by atoms with E-state index in [1.807, 2.05) is 55.5 Å². The first kappa shape index (κ1) is 18.1. The topological polar surface area (TPSA) is 79.8 Å². The van der Waals surface area contributed by atoms with Gasteiger partial charge < -0.3 is 10.1 Å². The number of carbonyl (C=O) groups is 2. The van der Waals surface area contributed by atoms with Crippen molar-refractivity contribution in [1.29, 1.82) is 0 Å². The summed E-state index contributed by atoms with van der Waals surface area (Å²) in [5.41, 5.74) is 3.50. The summed E-state index contributed by atoms with van der Waals surface area (Å²) >= 11 is 0. The van der Waals surface area contributed by atoms with Crippen molar-refractivity contribution in [1.82, 2.24) is 5.43 Å². The summed E-state index contributed by atoms with van der Waals surface area (Å²) in [5, 5.41) is 8.29. The molecule has 3 aromatic rings. The van der Waals surface area contributed by atoms with Crippen molar-refractivity contribution in [2.24, 2.45) is 5.10 Å². The van der Waals surface area contributed by atoms with Crippen LogP contribution in [0.3, 0.4) is 0 Å². The van der Waals surface area contributed by atoms with Gasteiger partial charge in [0.05, 0.1) is 12.8 Å². The molecule has 0 heterocycles. The Balaban J connectivity index is 1.65. The van der Waals surface area contributed by atoms with E-state index in [2.05, 4.69) is 15.8 Å². The first-order valence-electron chi connectivity index (χ1n) is 8.53. The highest BCUT2D eigenvalue weighted by Gasteiger charge is 2.14. The van der Waals surface area contributed by atoms with E-state index >= 15 is 0 Å². The van der Waals surface area contributed by atoms with Crippen molar-refractivity contribution < 1.29 is 14.3 Å². The van der Waals surface area contributed by atoms with Gasteiger partial charge in [-0.2, -0.15) is 5.10 Å². The molecular weight excluding hydrogens is 342 g/mol. The number of amides is 2. The van der Waals surface area contributed by atoms with Crippen molar-refractivity contribution >= 4 is 34.5 Å². The van der Waals surface area contributed by atoms with E-state index in [-0.39, 0.29) is 0 Å². The maximum atomic E-state index is 12.1. The maximum Gasteiger partial charge on any atom is 0.329 e. The summed E-state index contributed by atoms with van der Waals surface area (Å²) < 4.78 is 5.48. The molecule has 0 aliphatic rings. The minimum absolute atomic E-state index is 0.519. The van der Waals surface area contributed by atoms with Gasteiger partial charge in [-0.3, -0.25) is 9.59 Å². The number of ether oxygens (including phenoxy) is 1. The van der Waals surface area contributed by atoms with Crippen LogP contribution in [0.5, 0.6) is 5.75 Å². The number of rotatable bonds is 5. The number of hydrogen-bond donors (Lipinski definition) is 2. The molecule has 27 heavy (non-hydrogen) atoms. The zero-order valence-corrected chi connectivity index (χ0v) is 14.8. The van der Waals surface area contributed by atoms with Crippen molar-refractivity contribution in [3.8, 4) is 5.75 Å². The highest BCUT2D eigenvalue weighted by Crippen LogP contribution is 2.22.